The van der Waals surface area contributed by atoms with Gasteiger partial charge in [-0.3, -0.25) is 9.78 Å². The van der Waals surface area contributed by atoms with E-state index in [-0.39, 0.29) is 17.8 Å². The van der Waals surface area contributed by atoms with Crippen LogP contribution >= 0.6 is 0 Å². The Balaban J connectivity index is 1.63. The van der Waals surface area contributed by atoms with Gasteiger partial charge < -0.3 is 19.9 Å². The summed E-state index contributed by atoms with van der Waals surface area (Å²) in [5, 5.41) is 9.75. The lowest BCUT2D eigenvalue weighted by Crippen LogP contribution is -2.24. The van der Waals surface area contributed by atoms with E-state index in [1.807, 2.05) is 6.07 Å². The van der Waals surface area contributed by atoms with Crippen LogP contribution in [0.4, 0.5) is 0 Å². The molecule has 0 aliphatic carbocycles. The van der Waals surface area contributed by atoms with Crippen LogP contribution in [0.15, 0.2) is 29.0 Å². The van der Waals surface area contributed by atoms with Gasteiger partial charge in [-0.15, -0.1) is 0 Å². The molecule has 2 aromatic heterocycles. The van der Waals surface area contributed by atoms with Gasteiger partial charge in [0.25, 0.3) is 5.91 Å². The number of ether oxygens (including phenoxy) is 1. The predicted octanol–water partition coefficient (Wildman–Crippen LogP) is 1.05. The highest BCUT2D eigenvalue weighted by molar-refractivity contribution is 5.91. The van der Waals surface area contributed by atoms with E-state index in [9.17, 15) is 4.79 Å². The van der Waals surface area contributed by atoms with Crippen LogP contribution in [0.5, 0.6) is 5.75 Å². The van der Waals surface area contributed by atoms with Gasteiger partial charge in [0.15, 0.2) is 0 Å². The van der Waals surface area contributed by atoms with Gasteiger partial charge in [-0.25, -0.2) is 0 Å². The zero-order chi connectivity index (χ0) is 15.4. The lowest BCUT2D eigenvalue weighted by Gasteiger charge is -2.15. The number of aromatic nitrogens is 2. The van der Waals surface area contributed by atoms with E-state index in [0.717, 1.165) is 25.1 Å². The van der Waals surface area contributed by atoms with Gasteiger partial charge in [0, 0.05) is 30.9 Å². The fourth-order valence-electron chi connectivity index (χ4n) is 2.30. The van der Waals surface area contributed by atoms with E-state index >= 15 is 0 Å². The largest absolute Gasteiger partial charge is 0.487 e. The minimum absolute atomic E-state index is 0.149. The fraction of sp³-hybridized carbons (Fsp3) is 0.400. The molecular formula is C15H18N4O3. The van der Waals surface area contributed by atoms with Crippen molar-refractivity contribution in [2.45, 2.75) is 26.0 Å². The first-order valence-corrected chi connectivity index (χ1v) is 7.24. The molecular weight excluding hydrogens is 284 g/mol. The number of hydrogen-bond donors (Lipinski definition) is 2. The average molecular weight is 302 g/mol. The monoisotopic (exact) mass is 302 g/mol. The van der Waals surface area contributed by atoms with Crippen molar-refractivity contribution in [2.75, 3.05) is 13.1 Å². The molecule has 1 saturated heterocycles. The van der Waals surface area contributed by atoms with Gasteiger partial charge in [0.2, 0.25) is 5.76 Å². The maximum Gasteiger partial charge on any atom is 0.290 e. The molecule has 3 rings (SSSR count). The number of nitrogens with zero attached hydrogens (tertiary/aromatic N) is 2. The summed E-state index contributed by atoms with van der Waals surface area (Å²) < 4.78 is 10.9. The van der Waals surface area contributed by atoms with Crippen LogP contribution in [-0.2, 0) is 6.54 Å². The number of amides is 1. The van der Waals surface area contributed by atoms with Crippen molar-refractivity contribution in [2.24, 2.45) is 0 Å². The molecule has 1 fully saturated rings. The summed E-state index contributed by atoms with van der Waals surface area (Å²) in [7, 11) is 0. The van der Waals surface area contributed by atoms with Crippen molar-refractivity contribution in [1.29, 1.82) is 0 Å². The second-order valence-corrected chi connectivity index (χ2v) is 5.23. The fourth-order valence-corrected chi connectivity index (χ4v) is 2.30. The number of nitrogens with one attached hydrogen (secondary N) is 2. The maximum atomic E-state index is 12.0. The van der Waals surface area contributed by atoms with Crippen LogP contribution in [0, 0.1) is 6.92 Å². The van der Waals surface area contributed by atoms with Crippen LogP contribution in [0.1, 0.15) is 28.2 Å². The molecule has 0 saturated carbocycles. The number of carbonyl (C=O) groups is 1. The maximum absolute atomic E-state index is 12.0. The van der Waals surface area contributed by atoms with Crippen LogP contribution in [0.25, 0.3) is 0 Å². The first-order valence-electron chi connectivity index (χ1n) is 7.24. The highest BCUT2D eigenvalue weighted by Crippen LogP contribution is 2.19. The van der Waals surface area contributed by atoms with Crippen molar-refractivity contribution in [3.05, 3.63) is 41.5 Å². The van der Waals surface area contributed by atoms with E-state index in [0.29, 0.717) is 18.0 Å². The third kappa shape index (κ3) is 3.43. The molecule has 2 N–H and O–H groups in total. The molecule has 1 aliphatic rings. The Kier molecular flexibility index (Phi) is 4.34. The van der Waals surface area contributed by atoms with Gasteiger partial charge >= 0.3 is 0 Å². The Morgan fingerprint density at radius 1 is 1.59 bits per heavy atom. The summed E-state index contributed by atoms with van der Waals surface area (Å²) in [6.45, 7) is 3.90. The van der Waals surface area contributed by atoms with Crippen LogP contribution in [0.3, 0.4) is 0 Å². The van der Waals surface area contributed by atoms with E-state index in [4.69, 9.17) is 9.26 Å². The Bertz CT molecular complexity index is 650. The molecule has 0 radical (unpaired) electrons. The summed E-state index contributed by atoms with van der Waals surface area (Å²) in [6.07, 6.45) is 4.48. The summed E-state index contributed by atoms with van der Waals surface area (Å²) in [6, 6.07) is 3.44. The lowest BCUT2D eigenvalue weighted by molar-refractivity contribution is 0.0913. The molecule has 7 heteroatoms. The van der Waals surface area contributed by atoms with Crippen molar-refractivity contribution < 1.29 is 14.1 Å². The average Bonchev–Trinajstić information content (AvgIpc) is 3.18. The summed E-state index contributed by atoms with van der Waals surface area (Å²) >= 11 is 0. The number of pyridine rings is 1. The molecule has 1 atom stereocenters. The van der Waals surface area contributed by atoms with Gasteiger partial charge in [0.05, 0.1) is 11.9 Å². The minimum atomic E-state index is -0.300. The number of aryl methyl sites for hydroxylation is 1. The van der Waals surface area contributed by atoms with E-state index in [1.165, 1.54) is 0 Å². The SMILES string of the molecule is Cc1cc(C(=O)NCc2ccncc2O[C@H]2CCNC2)on1. The van der Waals surface area contributed by atoms with Gasteiger partial charge in [0.1, 0.15) is 11.9 Å². The predicted molar refractivity (Wildman–Crippen MR) is 78.5 cm³/mol. The first-order chi connectivity index (χ1) is 10.7. The highest BCUT2D eigenvalue weighted by Gasteiger charge is 2.18. The molecule has 0 spiro atoms. The smallest absolute Gasteiger partial charge is 0.290 e. The number of rotatable bonds is 5. The highest BCUT2D eigenvalue weighted by atomic mass is 16.5. The van der Waals surface area contributed by atoms with Crippen molar-refractivity contribution >= 4 is 5.91 Å². The Labute approximate surface area is 128 Å². The minimum Gasteiger partial charge on any atom is -0.487 e. The zero-order valence-corrected chi connectivity index (χ0v) is 12.3. The molecule has 2 aromatic rings. The van der Waals surface area contributed by atoms with Crippen molar-refractivity contribution in [1.82, 2.24) is 20.8 Å². The standard InChI is InChI=1S/C15H18N4O3/c1-10-6-13(22-19-10)15(20)18-7-11-2-4-17-9-14(11)21-12-3-5-16-8-12/h2,4,6,9,12,16H,3,5,7-8H2,1H3,(H,18,20)/t12-/m0/s1. The van der Waals surface area contributed by atoms with Gasteiger partial charge in [-0.1, -0.05) is 5.16 Å². The molecule has 1 aliphatic heterocycles. The third-order valence-corrected chi connectivity index (χ3v) is 3.47. The summed E-state index contributed by atoms with van der Waals surface area (Å²) in [5.41, 5.74) is 1.55. The Morgan fingerprint density at radius 3 is 3.23 bits per heavy atom. The summed E-state index contributed by atoms with van der Waals surface area (Å²) in [4.78, 5) is 16.1. The molecule has 0 unspecified atom stereocenters. The molecule has 116 valence electrons. The quantitative estimate of drug-likeness (QED) is 0.858. The second-order valence-electron chi connectivity index (χ2n) is 5.23. The molecule has 7 nitrogen and oxygen atoms in total. The molecule has 0 aromatic carbocycles. The molecule has 3 heterocycles. The van der Waals surface area contributed by atoms with Crippen molar-refractivity contribution in [3.63, 3.8) is 0 Å². The van der Waals surface area contributed by atoms with E-state index in [1.54, 1.807) is 25.4 Å². The molecule has 22 heavy (non-hydrogen) atoms. The summed E-state index contributed by atoms with van der Waals surface area (Å²) in [5.74, 6) is 0.602. The van der Waals surface area contributed by atoms with Crippen LogP contribution in [-0.4, -0.2) is 35.2 Å². The lowest BCUT2D eigenvalue weighted by atomic mass is 10.2. The molecule has 1 amide bonds. The van der Waals surface area contributed by atoms with Gasteiger partial charge in [-0.05, 0) is 26.0 Å². The third-order valence-electron chi connectivity index (χ3n) is 3.47. The van der Waals surface area contributed by atoms with E-state index in [2.05, 4.69) is 20.8 Å². The van der Waals surface area contributed by atoms with Gasteiger partial charge in [-0.2, -0.15) is 0 Å². The number of carbonyl (C=O) groups excluding carboxylic acids is 1. The normalized spacial score (nSPS) is 17.4. The first kappa shape index (κ1) is 14.5. The van der Waals surface area contributed by atoms with Crippen LogP contribution < -0.4 is 15.4 Å². The Hall–Kier alpha value is -2.41. The zero-order valence-electron chi connectivity index (χ0n) is 12.3. The van der Waals surface area contributed by atoms with E-state index < -0.39 is 0 Å². The second kappa shape index (κ2) is 6.57. The number of hydrogen-bond acceptors (Lipinski definition) is 6. The molecule has 0 bridgehead atoms. The van der Waals surface area contributed by atoms with Crippen LogP contribution in [0.2, 0.25) is 0 Å². The topological polar surface area (TPSA) is 89.3 Å². The van der Waals surface area contributed by atoms with Crippen molar-refractivity contribution in [3.8, 4) is 5.75 Å². The Morgan fingerprint density at radius 2 is 2.50 bits per heavy atom.